The van der Waals surface area contributed by atoms with Crippen molar-refractivity contribution in [3.63, 3.8) is 0 Å². The summed E-state index contributed by atoms with van der Waals surface area (Å²) in [6.07, 6.45) is 3.07. The first-order valence-electron chi connectivity index (χ1n) is 3.48. The summed E-state index contributed by atoms with van der Waals surface area (Å²) in [6.45, 7) is 3.90. The molecule has 0 aromatic carbocycles. The number of hydrogen-bond acceptors (Lipinski definition) is 3. The number of hydrogen-bond donors (Lipinski definition) is 1. The quantitative estimate of drug-likeness (QED) is 0.629. The van der Waals surface area contributed by atoms with E-state index in [9.17, 15) is 4.79 Å². The van der Waals surface area contributed by atoms with Crippen molar-refractivity contribution in [2.75, 3.05) is 6.54 Å². The number of aromatic nitrogens is 3. The van der Waals surface area contributed by atoms with Gasteiger partial charge in [-0.2, -0.15) is 0 Å². The van der Waals surface area contributed by atoms with E-state index in [4.69, 9.17) is 0 Å². The maximum absolute atomic E-state index is 11.1. The lowest BCUT2D eigenvalue weighted by Crippen LogP contribution is -2.24. The summed E-state index contributed by atoms with van der Waals surface area (Å²) in [4.78, 5) is 14.9. The zero-order valence-corrected chi connectivity index (χ0v) is 6.82. The highest BCUT2D eigenvalue weighted by Crippen LogP contribution is 1.86. The van der Waals surface area contributed by atoms with Crippen LogP contribution in [0.3, 0.4) is 0 Å². The van der Waals surface area contributed by atoms with Crippen molar-refractivity contribution in [1.82, 2.24) is 20.1 Å². The molecule has 0 radical (unpaired) electrons. The van der Waals surface area contributed by atoms with E-state index in [2.05, 4.69) is 22.0 Å². The molecule has 0 unspecified atom stereocenters. The summed E-state index contributed by atoms with van der Waals surface area (Å²) >= 11 is 0. The molecule has 0 fully saturated rings. The molecule has 1 aromatic rings. The number of rotatable bonds is 3. The van der Waals surface area contributed by atoms with E-state index in [0.717, 1.165) is 0 Å². The molecular weight excluding hydrogens is 156 g/mol. The molecule has 12 heavy (non-hydrogen) atoms. The van der Waals surface area contributed by atoms with Crippen LogP contribution in [-0.2, 0) is 7.05 Å². The highest BCUT2D eigenvalue weighted by molar-refractivity contribution is 5.90. The molecule has 0 aliphatic heterocycles. The minimum atomic E-state index is -0.282. The maximum atomic E-state index is 11.1. The van der Waals surface area contributed by atoms with Crippen LogP contribution in [0.15, 0.2) is 19.0 Å². The molecule has 1 heterocycles. The summed E-state index contributed by atoms with van der Waals surface area (Å²) in [6, 6.07) is 0. The first-order valence-corrected chi connectivity index (χ1v) is 3.48. The molecule has 5 nitrogen and oxygen atoms in total. The third-order valence-electron chi connectivity index (χ3n) is 1.21. The Morgan fingerprint density at radius 1 is 1.92 bits per heavy atom. The molecular formula is C7H10N4O. The second kappa shape index (κ2) is 3.66. The van der Waals surface area contributed by atoms with Gasteiger partial charge in [-0.15, -0.1) is 11.7 Å². The molecule has 1 rings (SSSR count). The minimum Gasteiger partial charge on any atom is -0.346 e. The summed E-state index contributed by atoms with van der Waals surface area (Å²) in [5.74, 6) is -0.102. The molecule has 5 heteroatoms. The molecule has 0 saturated carbocycles. The zero-order chi connectivity index (χ0) is 8.97. The average Bonchev–Trinajstić information content (AvgIpc) is 2.47. The van der Waals surface area contributed by atoms with Crippen LogP contribution in [0.5, 0.6) is 0 Å². The van der Waals surface area contributed by atoms with Crippen molar-refractivity contribution in [2.24, 2.45) is 7.05 Å². The van der Waals surface area contributed by atoms with Gasteiger partial charge in [0.1, 0.15) is 6.33 Å². The van der Waals surface area contributed by atoms with Gasteiger partial charge in [-0.3, -0.25) is 9.48 Å². The van der Waals surface area contributed by atoms with E-state index < -0.39 is 0 Å². The number of amides is 1. The summed E-state index contributed by atoms with van der Waals surface area (Å²) in [5.41, 5.74) is 0. The standard InChI is InChI=1S/C7H10N4O/c1-3-4-8-7(12)6-9-5-11(2)10-6/h3,5H,1,4H2,2H3,(H,8,12). The molecule has 1 N–H and O–H groups in total. The van der Waals surface area contributed by atoms with Crippen LogP contribution in [0.25, 0.3) is 0 Å². The Balaban J connectivity index is 2.59. The SMILES string of the molecule is C=CCNC(=O)c1ncn(C)n1. The van der Waals surface area contributed by atoms with Crippen LogP contribution >= 0.6 is 0 Å². The topological polar surface area (TPSA) is 59.8 Å². The van der Waals surface area contributed by atoms with E-state index >= 15 is 0 Å². The third-order valence-corrected chi connectivity index (χ3v) is 1.21. The molecule has 0 aliphatic carbocycles. The van der Waals surface area contributed by atoms with Crippen LogP contribution in [-0.4, -0.2) is 27.2 Å². The average molecular weight is 166 g/mol. The Morgan fingerprint density at radius 3 is 3.17 bits per heavy atom. The van der Waals surface area contributed by atoms with Crippen molar-refractivity contribution < 1.29 is 4.79 Å². The fraction of sp³-hybridized carbons (Fsp3) is 0.286. The first-order chi connectivity index (χ1) is 5.74. The van der Waals surface area contributed by atoms with Crippen LogP contribution in [0.4, 0.5) is 0 Å². The second-order valence-electron chi connectivity index (χ2n) is 2.24. The Hall–Kier alpha value is -1.65. The number of carbonyl (C=O) groups excluding carboxylic acids is 1. The largest absolute Gasteiger partial charge is 0.346 e. The lowest BCUT2D eigenvalue weighted by atomic mass is 10.5. The first kappa shape index (κ1) is 8.45. The Labute approximate surface area is 70.1 Å². The van der Waals surface area contributed by atoms with Gasteiger partial charge in [0.25, 0.3) is 5.91 Å². The fourth-order valence-electron chi connectivity index (χ4n) is 0.687. The van der Waals surface area contributed by atoms with Gasteiger partial charge >= 0.3 is 0 Å². The summed E-state index contributed by atoms with van der Waals surface area (Å²) < 4.78 is 1.48. The third kappa shape index (κ3) is 1.91. The Kier molecular flexibility index (Phi) is 2.57. The summed E-state index contributed by atoms with van der Waals surface area (Å²) in [5, 5.41) is 6.39. The Bertz CT molecular complexity index is 291. The Morgan fingerprint density at radius 2 is 2.67 bits per heavy atom. The van der Waals surface area contributed by atoms with Gasteiger partial charge in [0.05, 0.1) is 0 Å². The van der Waals surface area contributed by atoms with Crippen LogP contribution in [0, 0.1) is 0 Å². The highest BCUT2D eigenvalue weighted by Gasteiger charge is 2.07. The number of aryl methyl sites for hydroxylation is 1. The van der Waals surface area contributed by atoms with E-state index in [-0.39, 0.29) is 11.7 Å². The number of nitrogens with one attached hydrogen (secondary N) is 1. The second-order valence-corrected chi connectivity index (χ2v) is 2.24. The predicted octanol–water partition coefficient (Wildman–Crippen LogP) is -0.269. The predicted molar refractivity (Wildman–Crippen MR) is 43.5 cm³/mol. The van der Waals surface area contributed by atoms with Crippen molar-refractivity contribution >= 4 is 5.91 Å². The van der Waals surface area contributed by atoms with Crippen molar-refractivity contribution in [1.29, 1.82) is 0 Å². The summed E-state index contributed by atoms with van der Waals surface area (Å²) in [7, 11) is 1.71. The number of carbonyl (C=O) groups is 1. The molecule has 0 atom stereocenters. The normalized spacial score (nSPS) is 9.42. The molecule has 0 spiro atoms. The molecule has 0 aliphatic rings. The minimum absolute atomic E-state index is 0.180. The molecule has 64 valence electrons. The van der Waals surface area contributed by atoms with Crippen molar-refractivity contribution in [3.8, 4) is 0 Å². The van der Waals surface area contributed by atoms with Gasteiger partial charge in [0.2, 0.25) is 5.82 Å². The van der Waals surface area contributed by atoms with E-state index in [1.54, 1.807) is 13.1 Å². The van der Waals surface area contributed by atoms with Gasteiger partial charge in [0, 0.05) is 13.6 Å². The van der Waals surface area contributed by atoms with Crippen molar-refractivity contribution in [3.05, 3.63) is 24.8 Å². The van der Waals surface area contributed by atoms with Gasteiger partial charge in [0.15, 0.2) is 0 Å². The lowest BCUT2D eigenvalue weighted by Gasteiger charge is -1.95. The van der Waals surface area contributed by atoms with Gasteiger partial charge in [-0.05, 0) is 0 Å². The van der Waals surface area contributed by atoms with Crippen molar-refractivity contribution in [2.45, 2.75) is 0 Å². The van der Waals surface area contributed by atoms with E-state index in [0.29, 0.717) is 6.54 Å². The van der Waals surface area contributed by atoms with Gasteiger partial charge in [-0.25, -0.2) is 4.98 Å². The maximum Gasteiger partial charge on any atom is 0.291 e. The monoisotopic (exact) mass is 166 g/mol. The molecule has 0 bridgehead atoms. The van der Waals surface area contributed by atoms with Gasteiger partial charge < -0.3 is 5.32 Å². The zero-order valence-electron chi connectivity index (χ0n) is 6.82. The molecule has 0 saturated heterocycles. The van der Waals surface area contributed by atoms with Gasteiger partial charge in [-0.1, -0.05) is 6.08 Å². The van der Waals surface area contributed by atoms with E-state index in [1.807, 2.05) is 0 Å². The lowest BCUT2D eigenvalue weighted by molar-refractivity contribution is 0.0947. The van der Waals surface area contributed by atoms with E-state index in [1.165, 1.54) is 11.0 Å². The molecule has 1 amide bonds. The fourth-order valence-corrected chi connectivity index (χ4v) is 0.687. The molecule has 1 aromatic heterocycles. The smallest absolute Gasteiger partial charge is 0.291 e. The number of nitrogens with zero attached hydrogens (tertiary/aromatic N) is 3. The van der Waals surface area contributed by atoms with Crippen LogP contribution in [0.2, 0.25) is 0 Å². The van der Waals surface area contributed by atoms with Crippen LogP contribution in [0.1, 0.15) is 10.6 Å². The highest BCUT2D eigenvalue weighted by atomic mass is 16.2. The van der Waals surface area contributed by atoms with Crippen LogP contribution < -0.4 is 5.32 Å².